The van der Waals surface area contributed by atoms with E-state index in [0.717, 1.165) is 11.3 Å². The predicted octanol–water partition coefficient (Wildman–Crippen LogP) is 3.46. The molecule has 0 aliphatic carbocycles. The lowest BCUT2D eigenvalue weighted by molar-refractivity contribution is -0.121. The second-order valence-corrected chi connectivity index (χ2v) is 7.38. The summed E-state index contributed by atoms with van der Waals surface area (Å²) in [6.45, 7) is 6.48. The van der Waals surface area contributed by atoms with Crippen LogP contribution >= 0.6 is 11.3 Å². The summed E-state index contributed by atoms with van der Waals surface area (Å²) in [5.74, 6) is 0.0659. The maximum Gasteiger partial charge on any atom is 0.255 e. The van der Waals surface area contributed by atoms with E-state index in [1.54, 1.807) is 4.90 Å². The SMILES string of the molecule is Cc1csc(NC(=O)[C@H](CC(C)C)N2Cc3ccccc3C2=O)n1. The standard InChI is InChI=1S/C18H21N3O2S/c1-11(2)8-15(16(22)20-18-19-12(3)10-24-18)21-9-13-6-4-5-7-14(13)17(21)23/h4-7,10-11,15H,8-9H2,1-3H3,(H,19,20,22)/t15-/m0/s1. The van der Waals surface area contributed by atoms with Gasteiger partial charge in [0.15, 0.2) is 5.13 Å². The van der Waals surface area contributed by atoms with Crippen molar-refractivity contribution in [2.45, 2.75) is 39.8 Å². The number of amides is 2. The van der Waals surface area contributed by atoms with Crippen molar-refractivity contribution in [3.05, 3.63) is 46.5 Å². The third-order valence-corrected chi connectivity index (χ3v) is 4.95. The van der Waals surface area contributed by atoms with Crippen molar-refractivity contribution in [1.29, 1.82) is 0 Å². The molecule has 1 N–H and O–H groups in total. The third-order valence-electron chi connectivity index (χ3n) is 4.07. The highest BCUT2D eigenvalue weighted by Crippen LogP contribution is 2.27. The lowest BCUT2D eigenvalue weighted by Gasteiger charge is -2.27. The Labute approximate surface area is 145 Å². The Morgan fingerprint density at radius 2 is 2.12 bits per heavy atom. The smallest absolute Gasteiger partial charge is 0.255 e. The van der Waals surface area contributed by atoms with Crippen LogP contribution in [0.15, 0.2) is 29.6 Å². The maximum atomic E-state index is 12.8. The number of aryl methyl sites for hydroxylation is 1. The lowest BCUT2D eigenvalue weighted by Crippen LogP contribution is -2.45. The molecule has 3 rings (SSSR count). The summed E-state index contributed by atoms with van der Waals surface area (Å²) in [7, 11) is 0. The molecule has 5 nitrogen and oxygen atoms in total. The molecule has 1 aromatic carbocycles. The number of nitrogens with one attached hydrogen (secondary N) is 1. The van der Waals surface area contributed by atoms with Crippen LogP contribution in [-0.4, -0.2) is 27.7 Å². The number of aromatic nitrogens is 1. The first-order valence-corrected chi connectivity index (χ1v) is 8.95. The highest BCUT2D eigenvalue weighted by Gasteiger charge is 2.36. The fourth-order valence-corrected chi connectivity index (χ4v) is 3.64. The topological polar surface area (TPSA) is 62.3 Å². The second kappa shape index (κ2) is 6.73. The molecule has 0 fully saturated rings. The first-order valence-electron chi connectivity index (χ1n) is 8.07. The molecule has 2 heterocycles. The van der Waals surface area contributed by atoms with E-state index in [1.807, 2.05) is 36.6 Å². The van der Waals surface area contributed by atoms with Crippen molar-refractivity contribution in [2.75, 3.05) is 5.32 Å². The minimum atomic E-state index is -0.492. The van der Waals surface area contributed by atoms with Crippen molar-refractivity contribution < 1.29 is 9.59 Å². The Morgan fingerprint density at radius 3 is 2.75 bits per heavy atom. The fourth-order valence-electron chi connectivity index (χ4n) is 2.95. The first-order chi connectivity index (χ1) is 11.5. The van der Waals surface area contributed by atoms with Gasteiger partial charge in [0.05, 0.1) is 5.69 Å². The molecule has 0 radical (unpaired) electrons. The normalized spacial score (nSPS) is 14.8. The highest BCUT2D eigenvalue weighted by molar-refractivity contribution is 7.13. The molecule has 24 heavy (non-hydrogen) atoms. The van der Waals surface area contributed by atoms with Crippen LogP contribution in [0.5, 0.6) is 0 Å². The number of carbonyl (C=O) groups excluding carboxylic acids is 2. The molecule has 0 saturated heterocycles. The van der Waals surface area contributed by atoms with E-state index in [4.69, 9.17) is 0 Å². The first kappa shape index (κ1) is 16.6. The second-order valence-electron chi connectivity index (χ2n) is 6.52. The Hall–Kier alpha value is -2.21. The van der Waals surface area contributed by atoms with E-state index < -0.39 is 6.04 Å². The van der Waals surface area contributed by atoms with Crippen LogP contribution in [0.1, 0.15) is 41.9 Å². The minimum absolute atomic E-state index is 0.0679. The molecular formula is C18H21N3O2S. The van der Waals surface area contributed by atoms with Gasteiger partial charge in [-0.05, 0) is 30.9 Å². The van der Waals surface area contributed by atoms with Crippen LogP contribution in [0.4, 0.5) is 5.13 Å². The average Bonchev–Trinajstić information content (AvgIpc) is 3.09. The van der Waals surface area contributed by atoms with E-state index in [1.165, 1.54) is 11.3 Å². The van der Waals surface area contributed by atoms with Crippen molar-refractivity contribution in [1.82, 2.24) is 9.88 Å². The van der Waals surface area contributed by atoms with E-state index in [2.05, 4.69) is 24.1 Å². The predicted molar refractivity (Wildman–Crippen MR) is 95.0 cm³/mol. The number of hydrogen-bond acceptors (Lipinski definition) is 4. The summed E-state index contributed by atoms with van der Waals surface area (Å²) in [4.78, 5) is 31.5. The van der Waals surface area contributed by atoms with Gasteiger partial charge in [0.2, 0.25) is 5.91 Å². The van der Waals surface area contributed by atoms with Crippen molar-refractivity contribution in [2.24, 2.45) is 5.92 Å². The molecule has 0 bridgehead atoms. The number of thiazole rings is 1. The molecule has 2 amide bonds. The molecule has 1 aliphatic heterocycles. The van der Waals surface area contributed by atoms with Gasteiger partial charge in [-0.3, -0.25) is 9.59 Å². The number of carbonyl (C=O) groups is 2. The van der Waals surface area contributed by atoms with Crippen LogP contribution in [0, 0.1) is 12.8 Å². The molecule has 0 unspecified atom stereocenters. The Morgan fingerprint density at radius 1 is 1.38 bits per heavy atom. The largest absolute Gasteiger partial charge is 0.322 e. The van der Waals surface area contributed by atoms with Crippen LogP contribution in [-0.2, 0) is 11.3 Å². The zero-order valence-corrected chi connectivity index (χ0v) is 14.9. The van der Waals surface area contributed by atoms with Crippen molar-refractivity contribution >= 4 is 28.3 Å². The molecular weight excluding hydrogens is 322 g/mol. The molecule has 1 aromatic heterocycles. The lowest BCUT2D eigenvalue weighted by atomic mass is 10.0. The van der Waals surface area contributed by atoms with Crippen LogP contribution in [0.3, 0.4) is 0 Å². The summed E-state index contributed by atoms with van der Waals surface area (Å²) < 4.78 is 0. The fraction of sp³-hybridized carbons (Fsp3) is 0.389. The van der Waals surface area contributed by atoms with E-state index in [9.17, 15) is 9.59 Å². The number of nitrogens with zero attached hydrogens (tertiary/aromatic N) is 2. The summed E-state index contributed by atoms with van der Waals surface area (Å²) >= 11 is 1.40. The van der Waals surface area contributed by atoms with Crippen LogP contribution in [0.25, 0.3) is 0 Å². The summed E-state index contributed by atoms with van der Waals surface area (Å²) in [6.07, 6.45) is 0.621. The quantitative estimate of drug-likeness (QED) is 0.904. The van der Waals surface area contributed by atoms with Gasteiger partial charge in [-0.2, -0.15) is 0 Å². The Balaban J connectivity index is 1.82. The zero-order valence-electron chi connectivity index (χ0n) is 14.1. The summed E-state index contributed by atoms with van der Waals surface area (Å²) in [6, 6.07) is 7.06. The molecule has 1 aliphatic rings. The van der Waals surface area contributed by atoms with E-state index >= 15 is 0 Å². The van der Waals surface area contributed by atoms with Gasteiger partial charge in [0, 0.05) is 17.5 Å². The highest BCUT2D eigenvalue weighted by atomic mass is 32.1. The summed E-state index contributed by atoms with van der Waals surface area (Å²) in [5, 5.41) is 5.34. The van der Waals surface area contributed by atoms with Gasteiger partial charge in [-0.1, -0.05) is 32.0 Å². The molecule has 126 valence electrons. The van der Waals surface area contributed by atoms with E-state index in [0.29, 0.717) is 29.6 Å². The number of anilines is 1. The Kier molecular flexibility index (Phi) is 4.66. The number of hydrogen-bond donors (Lipinski definition) is 1. The minimum Gasteiger partial charge on any atom is -0.322 e. The van der Waals surface area contributed by atoms with Gasteiger partial charge < -0.3 is 10.2 Å². The molecule has 0 saturated carbocycles. The van der Waals surface area contributed by atoms with Crippen molar-refractivity contribution in [3.63, 3.8) is 0 Å². The summed E-state index contributed by atoms with van der Waals surface area (Å²) in [5.41, 5.74) is 2.55. The van der Waals surface area contributed by atoms with Gasteiger partial charge in [-0.25, -0.2) is 4.98 Å². The van der Waals surface area contributed by atoms with Gasteiger partial charge in [-0.15, -0.1) is 11.3 Å². The maximum absolute atomic E-state index is 12.8. The van der Waals surface area contributed by atoms with Gasteiger partial charge in [0.25, 0.3) is 5.91 Å². The average molecular weight is 343 g/mol. The monoisotopic (exact) mass is 343 g/mol. The Bertz CT molecular complexity index is 769. The van der Waals surface area contributed by atoms with Gasteiger partial charge in [0.1, 0.15) is 6.04 Å². The third kappa shape index (κ3) is 3.33. The molecule has 0 spiro atoms. The van der Waals surface area contributed by atoms with Gasteiger partial charge >= 0.3 is 0 Å². The van der Waals surface area contributed by atoms with Crippen LogP contribution < -0.4 is 5.32 Å². The molecule has 6 heteroatoms. The van der Waals surface area contributed by atoms with Crippen molar-refractivity contribution in [3.8, 4) is 0 Å². The number of benzene rings is 1. The molecule has 2 aromatic rings. The van der Waals surface area contributed by atoms with Crippen LogP contribution in [0.2, 0.25) is 0 Å². The number of fused-ring (bicyclic) bond motifs is 1. The molecule has 1 atom stereocenters. The van der Waals surface area contributed by atoms with E-state index in [-0.39, 0.29) is 11.8 Å². The number of rotatable bonds is 5. The zero-order chi connectivity index (χ0) is 17.3.